The van der Waals surface area contributed by atoms with Crippen molar-refractivity contribution < 1.29 is 14.3 Å². The molecule has 34 heavy (non-hydrogen) atoms. The van der Waals surface area contributed by atoms with Crippen molar-refractivity contribution in [3.05, 3.63) is 68.5 Å². The van der Waals surface area contributed by atoms with Crippen molar-refractivity contribution in [3.8, 4) is 0 Å². The van der Waals surface area contributed by atoms with Gasteiger partial charge in [0.1, 0.15) is 0 Å². The van der Waals surface area contributed by atoms with E-state index in [9.17, 15) is 9.59 Å². The molecular formula is C28H37ClN2O3. The zero-order chi connectivity index (χ0) is 25.1. The van der Waals surface area contributed by atoms with Crippen molar-refractivity contribution in [1.29, 1.82) is 0 Å². The van der Waals surface area contributed by atoms with Gasteiger partial charge in [-0.15, -0.1) is 0 Å². The van der Waals surface area contributed by atoms with Crippen molar-refractivity contribution in [2.45, 2.75) is 39.5 Å². The molecular weight excluding hydrogens is 448 g/mol. The molecule has 0 heterocycles. The van der Waals surface area contributed by atoms with Gasteiger partial charge in [0.25, 0.3) is 5.91 Å². The lowest BCUT2D eigenvalue weighted by molar-refractivity contribution is 0.0934. The van der Waals surface area contributed by atoms with Crippen LogP contribution in [0.5, 0.6) is 0 Å². The van der Waals surface area contributed by atoms with Crippen LogP contribution < -0.4 is 15.8 Å². The Morgan fingerprint density at radius 3 is 2.50 bits per heavy atom. The first kappa shape index (κ1) is 27.6. The predicted molar refractivity (Wildman–Crippen MR) is 141 cm³/mol. The number of rotatable bonds is 13. The Morgan fingerprint density at radius 1 is 1.18 bits per heavy atom. The molecule has 184 valence electrons. The molecule has 1 atom stereocenters. The normalized spacial score (nSPS) is 12.4. The number of hydrogen-bond acceptors (Lipinski definition) is 4. The fourth-order valence-electron chi connectivity index (χ4n) is 4.05. The monoisotopic (exact) mass is 484 g/mol. The van der Waals surface area contributed by atoms with Gasteiger partial charge in [0.15, 0.2) is 5.78 Å². The van der Waals surface area contributed by atoms with Crippen LogP contribution in [0.1, 0.15) is 59.4 Å². The number of nitrogens with one attached hydrogen (secondary N) is 1. The van der Waals surface area contributed by atoms with E-state index in [2.05, 4.69) is 36.8 Å². The summed E-state index contributed by atoms with van der Waals surface area (Å²) >= 11 is 5.93. The fraction of sp³-hybridized carbons (Fsp3) is 0.429. The summed E-state index contributed by atoms with van der Waals surface area (Å²) in [5.41, 5.74) is 2.36. The Morgan fingerprint density at radius 2 is 1.88 bits per heavy atom. The number of carbonyl (C=O) groups excluding carboxylic acids is 2. The Bertz CT molecular complexity index is 1070. The lowest BCUT2D eigenvalue weighted by Crippen LogP contribution is -2.36. The first-order valence-corrected chi connectivity index (χ1v) is 12.3. The lowest BCUT2D eigenvalue weighted by Gasteiger charge is -2.22. The maximum atomic E-state index is 12.7. The number of ether oxygens (including phenoxy) is 1. The molecule has 1 N–H and O–H groups in total. The van der Waals surface area contributed by atoms with Crippen LogP contribution in [0.2, 0.25) is 5.02 Å². The Kier molecular flexibility index (Phi) is 11.3. The average Bonchev–Trinajstić information content (AvgIpc) is 2.83. The number of hydrogen-bond donors (Lipinski definition) is 1. The zero-order valence-corrected chi connectivity index (χ0v) is 21.6. The fourth-order valence-corrected chi connectivity index (χ4v) is 4.18. The number of carbonyl (C=O) groups is 2. The van der Waals surface area contributed by atoms with Crippen LogP contribution in [0.15, 0.2) is 36.4 Å². The number of benzene rings is 2. The maximum absolute atomic E-state index is 12.7. The lowest BCUT2D eigenvalue weighted by atomic mass is 9.96. The number of amides is 1. The van der Waals surface area contributed by atoms with E-state index in [0.717, 1.165) is 41.8 Å². The third kappa shape index (κ3) is 8.00. The molecule has 5 nitrogen and oxygen atoms in total. The molecule has 0 aliphatic carbocycles. The van der Waals surface area contributed by atoms with Gasteiger partial charge >= 0.3 is 0 Å². The van der Waals surface area contributed by atoms with Crippen molar-refractivity contribution in [2.75, 3.05) is 33.9 Å². The van der Waals surface area contributed by atoms with E-state index in [4.69, 9.17) is 16.3 Å². The Hall–Kier alpha value is -2.63. The largest absolute Gasteiger partial charge is 0.383 e. The number of Topliss-reactive ketones (excluding diaryl/α,β-unsaturated/α-hetero) is 1. The van der Waals surface area contributed by atoms with Crippen molar-refractivity contribution in [3.63, 3.8) is 0 Å². The third-order valence-electron chi connectivity index (χ3n) is 6.06. The SMILES string of the molecule is C=c1ccc(C(=O)NCCOC)c(CC)/c1=C/N(C)CC(CC)CCC(=O)c1ccc(Cl)cc1. The van der Waals surface area contributed by atoms with Crippen LogP contribution in [0.3, 0.4) is 0 Å². The molecule has 6 heteroatoms. The minimum atomic E-state index is -0.0988. The van der Waals surface area contributed by atoms with E-state index in [1.54, 1.807) is 31.4 Å². The highest BCUT2D eigenvalue weighted by molar-refractivity contribution is 6.30. The van der Waals surface area contributed by atoms with Gasteiger partial charge in [0.05, 0.1) is 6.61 Å². The molecule has 0 aliphatic heterocycles. The van der Waals surface area contributed by atoms with E-state index in [1.807, 2.05) is 19.2 Å². The first-order valence-electron chi connectivity index (χ1n) is 11.9. The summed E-state index contributed by atoms with van der Waals surface area (Å²) in [5, 5.41) is 5.42. The molecule has 0 aliphatic rings. The van der Waals surface area contributed by atoms with Crippen LogP contribution in [0, 0.1) is 5.92 Å². The van der Waals surface area contributed by atoms with Crippen LogP contribution in [-0.2, 0) is 11.2 Å². The average molecular weight is 485 g/mol. The molecule has 0 aromatic heterocycles. The van der Waals surface area contributed by atoms with Gasteiger partial charge in [0.2, 0.25) is 0 Å². The van der Waals surface area contributed by atoms with Crippen molar-refractivity contribution >= 4 is 36.1 Å². The first-order chi connectivity index (χ1) is 16.3. The van der Waals surface area contributed by atoms with Crippen molar-refractivity contribution in [2.24, 2.45) is 5.92 Å². The molecule has 0 saturated heterocycles. The molecule has 2 rings (SSSR count). The summed E-state index contributed by atoms with van der Waals surface area (Å²) in [6.07, 6.45) is 5.10. The summed E-state index contributed by atoms with van der Waals surface area (Å²) in [6.45, 7) is 10.2. The number of halogens is 1. The molecule has 1 amide bonds. The Balaban J connectivity index is 2.13. The molecule has 2 aromatic carbocycles. The summed E-state index contributed by atoms with van der Waals surface area (Å²) < 4.78 is 5.03. The number of ketones is 1. The van der Waals surface area contributed by atoms with E-state index >= 15 is 0 Å². The molecule has 2 aromatic rings. The predicted octanol–water partition coefficient (Wildman–Crippen LogP) is 4.05. The topological polar surface area (TPSA) is 58.6 Å². The van der Waals surface area contributed by atoms with Gasteiger partial charge in [-0.05, 0) is 59.9 Å². The second kappa shape index (κ2) is 13.9. The zero-order valence-electron chi connectivity index (χ0n) is 20.8. The van der Waals surface area contributed by atoms with E-state index in [1.165, 1.54) is 0 Å². The van der Waals surface area contributed by atoms with Gasteiger partial charge in [-0.2, -0.15) is 0 Å². The second-order valence-corrected chi connectivity index (χ2v) is 9.01. The van der Waals surface area contributed by atoms with Crippen LogP contribution >= 0.6 is 11.6 Å². The maximum Gasteiger partial charge on any atom is 0.251 e. The second-order valence-electron chi connectivity index (χ2n) is 8.58. The minimum absolute atomic E-state index is 0.0988. The van der Waals surface area contributed by atoms with Gasteiger partial charge in [-0.3, -0.25) is 9.59 Å². The van der Waals surface area contributed by atoms with Crippen LogP contribution in [-0.4, -0.2) is 50.4 Å². The number of nitrogens with zero attached hydrogens (tertiary/aromatic N) is 1. The minimum Gasteiger partial charge on any atom is -0.383 e. The summed E-state index contributed by atoms with van der Waals surface area (Å²) in [6, 6.07) is 10.8. The molecule has 0 saturated carbocycles. The highest BCUT2D eigenvalue weighted by Gasteiger charge is 2.14. The van der Waals surface area contributed by atoms with E-state index in [0.29, 0.717) is 41.6 Å². The highest BCUT2D eigenvalue weighted by Crippen LogP contribution is 2.17. The quantitative estimate of drug-likeness (QED) is 0.344. The Labute approximate surface area is 208 Å². The smallest absolute Gasteiger partial charge is 0.251 e. The molecule has 0 spiro atoms. The molecule has 0 bridgehead atoms. The van der Waals surface area contributed by atoms with Gasteiger partial charge in [-0.1, -0.05) is 44.5 Å². The summed E-state index contributed by atoms with van der Waals surface area (Å²) in [5.74, 6) is 0.414. The summed E-state index contributed by atoms with van der Waals surface area (Å²) in [7, 11) is 3.65. The third-order valence-corrected chi connectivity index (χ3v) is 6.31. The van der Waals surface area contributed by atoms with Gasteiger partial charge in [-0.25, -0.2) is 0 Å². The van der Waals surface area contributed by atoms with E-state index in [-0.39, 0.29) is 11.7 Å². The van der Waals surface area contributed by atoms with Crippen molar-refractivity contribution in [1.82, 2.24) is 10.2 Å². The van der Waals surface area contributed by atoms with Crippen LogP contribution in [0.4, 0.5) is 0 Å². The molecule has 1 unspecified atom stereocenters. The van der Waals surface area contributed by atoms with Crippen LogP contribution in [0.25, 0.3) is 12.8 Å². The summed E-state index contributed by atoms with van der Waals surface area (Å²) in [4.78, 5) is 27.4. The number of methoxy groups -OCH3 is 1. The molecule has 0 radical (unpaired) electrons. The van der Waals surface area contributed by atoms with E-state index < -0.39 is 0 Å². The van der Waals surface area contributed by atoms with Gasteiger partial charge in [0, 0.05) is 61.2 Å². The standard InChI is InChI=1S/C28H37ClN2O3/c1-6-21(9-15-27(32)22-10-12-23(29)13-11-22)18-31(4)19-26-20(3)8-14-25(24(26)7-2)28(33)30-16-17-34-5/h8,10-14,19,21H,3,6-7,9,15-18H2,1-2,4-5H3,(H,30,33)/b26-19+. The van der Waals surface area contributed by atoms with Gasteiger partial charge < -0.3 is 15.0 Å². The molecule has 0 fully saturated rings. The highest BCUT2D eigenvalue weighted by atomic mass is 35.5.